The van der Waals surface area contributed by atoms with Crippen LogP contribution in [0.5, 0.6) is 0 Å². The van der Waals surface area contributed by atoms with Gasteiger partial charge in [-0.2, -0.15) is 5.10 Å². The Morgan fingerprint density at radius 3 is 2.54 bits per heavy atom. The predicted octanol–water partition coefficient (Wildman–Crippen LogP) is 4.22. The van der Waals surface area contributed by atoms with Crippen molar-refractivity contribution >= 4 is 0 Å². The van der Waals surface area contributed by atoms with Crippen molar-refractivity contribution in [1.82, 2.24) is 20.1 Å². The second kappa shape index (κ2) is 8.71. The maximum atomic E-state index is 14.5. The minimum Gasteiger partial charge on any atom is -0.313 e. The first-order valence-electron chi connectivity index (χ1n) is 9.58. The third-order valence-corrected chi connectivity index (χ3v) is 5.44. The van der Waals surface area contributed by atoms with Crippen LogP contribution >= 0.6 is 0 Å². The molecular weight excluding hydrogens is 334 g/mol. The summed E-state index contributed by atoms with van der Waals surface area (Å²) >= 11 is 0. The van der Waals surface area contributed by atoms with Crippen molar-refractivity contribution in [3.05, 3.63) is 48.1 Å². The summed E-state index contributed by atoms with van der Waals surface area (Å²) < 4.78 is 29.6. The molecule has 0 radical (unpaired) electrons. The SMILES string of the molecule is CC(CNC1CCCCCCC1)(Cn1cncn1)c1ccc(F)cc1F. The van der Waals surface area contributed by atoms with E-state index in [4.69, 9.17) is 0 Å². The molecule has 26 heavy (non-hydrogen) atoms. The average Bonchev–Trinajstić information content (AvgIpc) is 3.06. The number of nitrogens with zero attached hydrogens (tertiary/aromatic N) is 3. The number of aromatic nitrogens is 3. The van der Waals surface area contributed by atoms with Crippen molar-refractivity contribution in [2.45, 2.75) is 69.9 Å². The van der Waals surface area contributed by atoms with Crippen LogP contribution < -0.4 is 5.32 Å². The van der Waals surface area contributed by atoms with E-state index in [0.717, 1.165) is 18.9 Å². The van der Waals surface area contributed by atoms with Gasteiger partial charge in [-0.3, -0.25) is 4.68 Å². The van der Waals surface area contributed by atoms with Crippen LogP contribution in [0.3, 0.4) is 0 Å². The fourth-order valence-electron chi connectivity index (χ4n) is 3.92. The Labute approximate surface area is 154 Å². The Bertz CT molecular complexity index is 681. The standard InChI is InChI=1S/C20H28F2N4/c1-20(13-26-15-23-14-25-26,18-10-9-16(21)11-19(18)22)12-24-17-7-5-3-2-4-6-8-17/h9-11,14-15,17,24H,2-8,12-13H2,1H3. The molecule has 0 spiro atoms. The maximum absolute atomic E-state index is 14.5. The number of benzene rings is 1. The lowest BCUT2D eigenvalue weighted by atomic mass is 9.81. The molecule has 1 saturated carbocycles. The molecule has 142 valence electrons. The highest BCUT2D eigenvalue weighted by atomic mass is 19.1. The van der Waals surface area contributed by atoms with Crippen molar-refractivity contribution in [3.8, 4) is 0 Å². The number of hydrogen-bond acceptors (Lipinski definition) is 3. The highest BCUT2D eigenvalue weighted by Crippen LogP contribution is 2.29. The van der Waals surface area contributed by atoms with Gasteiger partial charge in [-0.25, -0.2) is 13.8 Å². The second-order valence-electron chi connectivity index (χ2n) is 7.70. The summed E-state index contributed by atoms with van der Waals surface area (Å²) in [5, 5.41) is 7.84. The molecule has 1 unspecified atom stereocenters. The minimum absolute atomic E-state index is 0.453. The van der Waals surface area contributed by atoms with E-state index in [-0.39, 0.29) is 0 Å². The molecule has 0 aliphatic heterocycles. The van der Waals surface area contributed by atoms with Crippen LogP contribution in [0.15, 0.2) is 30.9 Å². The first-order chi connectivity index (χ1) is 12.6. The van der Waals surface area contributed by atoms with Crippen molar-refractivity contribution in [1.29, 1.82) is 0 Å². The van der Waals surface area contributed by atoms with Gasteiger partial charge in [0.2, 0.25) is 0 Å². The number of rotatable bonds is 6. The van der Waals surface area contributed by atoms with Crippen LogP contribution in [0.1, 0.15) is 57.4 Å². The molecule has 6 heteroatoms. The molecule has 4 nitrogen and oxygen atoms in total. The van der Waals surface area contributed by atoms with E-state index in [9.17, 15) is 8.78 Å². The first-order valence-corrected chi connectivity index (χ1v) is 9.58. The maximum Gasteiger partial charge on any atom is 0.137 e. The number of hydrogen-bond donors (Lipinski definition) is 1. The van der Waals surface area contributed by atoms with Crippen LogP contribution in [0.2, 0.25) is 0 Å². The van der Waals surface area contributed by atoms with Gasteiger partial charge in [-0.15, -0.1) is 0 Å². The van der Waals surface area contributed by atoms with Gasteiger partial charge in [-0.05, 0) is 24.5 Å². The van der Waals surface area contributed by atoms with Crippen LogP contribution in [0, 0.1) is 11.6 Å². The minimum atomic E-state index is -0.553. The Hall–Kier alpha value is -1.82. The van der Waals surface area contributed by atoms with Crippen molar-refractivity contribution in [2.24, 2.45) is 0 Å². The molecule has 1 aromatic heterocycles. The zero-order valence-corrected chi connectivity index (χ0v) is 15.4. The molecule has 1 heterocycles. The fourth-order valence-corrected chi connectivity index (χ4v) is 3.92. The van der Waals surface area contributed by atoms with Gasteiger partial charge in [0.1, 0.15) is 24.3 Å². The lowest BCUT2D eigenvalue weighted by molar-refractivity contribution is 0.302. The smallest absolute Gasteiger partial charge is 0.137 e. The lowest BCUT2D eigenvalue weighted by Crippen LogP contribution is -2.44. The summed E-state index contributed by atoms with van der Waals surface area (Å²) in [4.78, 5) is 3.99. The third-order valence-electron chi connectivity index (χ3n) is 5.44. The van der Waals surface area contributed by atoms with Crippen LogP contribution in [-0.4, -0.2) is 27.4 Å². The van der Waals surface area contributed by atoms with Crippen molar-refractivity contribution < 1.29 is 8.78 Å². The Morgan fingerprint density at radius 1 is 1.15 bits per heavy atom. The Balaban J connectivity index is 1.78. The van der Waals surface area contributed by atoms with Gasteiger partial charge >= 0.3 is 0 Å². The molecule has 3 rings (SSSR count). The molecule has 1 N–H and O–H groups in total. The van der Waals surface area contributed by atoms with Crippen LogP contribution in [0.4, 0.5) is 8.78 Å². The molecule has 1 aromatic carbocycles. The van der Waals surface area contributed by atoms with Gasteiger partial charge in [0.25, 0.3) is 0 Å². The summed E-state index contributed by atoms with van der Waals surface area (Å²) in [6.45, 7) is 3.09. The third kappa shape index (κ3) is 4.87. The Morgan fingerprint density at radius 2 is 1.88 bits per heavy atom. The second-order valence-corrected chi connectivity index (χ2v) is 7.70. The van der Waals surface area contributed by atoms with Crippen LogP contribution in [-0.2, 0) is 12.0 Å². The molecule has 1 fully saturated rings. The lowest BCUT2D eigenvalue weighted by Gasteiger charge is -2.33. The van der Waals surface area contributed by atoms with Crippen LogP contribution in [0.25, 0.3) is 0 Å². The molecule has 1 atom stereocenters. The van der Waals surface area contributed by atoms with Crippen molar-refractivity contribution in [3.63, 3.8) is 0 Å². The summed E-state index contributed by atoms with van der Waals surface area (Å²) in [5.74, 6) is -1.06. The van der Waals surface area contributed by atoms with E-state index in [2.05, 4.69) is 15.4 Å². The molecule has 0 amide bonds. The number of halogens is 2. The first kappa shape index (κ1) is 19.0. The van der Waals surface area contributed by atoms with E-state index in [0.29, 0.717) is 24.7 Å². The highest BCUT2D eigenvalue weighted by molar-refractivity contribution is 5.27. The summed E-state index contributed by atoms with van der Waals surface area (Å²) in [5.41, 5.74) is -0.0406. The molecule has 1 aliphatic rings. The predicted molar refractivity (Wildman–Crippen MR) is 97.8 cm³/mol. The molecule has 0 bridgehead atoms. The van der Waals surface area contributed by atoms with E-state index < -0.39 is 17.0 Å². The molecular formula is C20H28F2N4. The summed E-state index contributed by atoms with van der Waals surface area (Å²) in [7, 11) is 0. The van der Waals surface area contributed by atoms with Crippen molar-refractivity contribution in [2.75, 3.05) is 6.54 Å². The largest absolute Gasteiger partial charge is 0.313 e. The van der Waals surface area contributed by atoms with E-state index in [1.807, 2.05) is 6.92 Å². The summed E-state index contributed by atoms with van der Waals surface area (Å²) in [6, 6.07) is 4.30. The van der Waals surface area contributed by atoms with Gasteiger partial charge in [-0.1, -0.05) is 45.1 Å². The Kier molecular flexibility index (Phi) is 6.35. The topological polar surface area (TPSA) is 42.7 Å². The van der Waals surface area contributed by atoms with Gasteiger partial charge in [0.15, 0.2) is 0 Å². The van der Waals surface area contributed by atoms with E-state index in [1.54, 1.807) is 17.1 Å². The fraction of sp³-hybridized carbons (Fsp3) is 0.600. The zero-order chi connectivity index (χ0) is 18.4. The zero-order valence-electron chi connectivity index (χ0n) is 15.4. The van der Waals surface area contributed by atoms with E-state index in [1.165, 1.54) is 44.5 Å². The number of nitrogens with one attached hydrogen (secondary N) is 1. The molecule has 2 aromatic rings. The molecule has 1 aliphatic carbocycles. The normalized spacial score (nSPS) is 18.9. The van der Waals surface area contributed by atoms with Gasteiger partial charge in [0, 0.05) is 24.1 Å². The van der Waals surface area contributed by atoms with Gasteiger partial charge < -0.3 is 5.32 Å². The molecule has 0 saturated heterocycles. The summed E-state index contributed by atoms with van der Waals surface area (Å²) in [6.07, 6.45) is 11.8. The van der Waals surface area contributed by atoms with E-state index >= 15 is 0 Å². The quantitative estimate of drug-likeness (QED) is 0.837. The van der Waals surface area contributed by atoms with Gasteiger partial charge in [0.05, 0.1) is 6.54 Å². The monoisotopic (exact) mass is 362 g/mol. The highest BCUT2D eigenvalue weighted by Gasteiger charge is 2.31. The average molecular weight is 362 g/mol.